The Morgan fingerprint density at radius 3 is 2.74 bits per heavy atom. The van der Waals surface area contributed by atoms with Crippen LogP contribution >= 0.6 is 38.9 Å². The Morgan fingerprint density at radius 2 is 2.04 bits per heavy atom. The second kappa shape index (κ2) is 8.60. The summed E-state index contributed by atoms with van der Waals surface area (Å²) < 4.78 is 0.866. The number of nitrogens with zero attached hydrogens (tertiary/aromatic N) is 3. The number of hydrogen-bond acceptors (Lipinski definition) is 4. The second-order valence-electron chi connectivity index (χ2n) is 7.94. The van der Waals surface area contributed by atoms with Crippen molar-refractivity contribution in [2.24, 2.45) is 0 Å². The lowest BCUT2D eigenvalue weighted by Crippen LogP contribution is -2.35. The number of hydrogen-bond donors (Lipinski definition) is 0. The summed E-state index contributed by atoms with van der Waals surface area (Å²) in [5, 5.41) is 3.84. The minimum absolute atomic E-state index is 0.00632. The third-order valence-electron chi connectivity index (χ3n) is 4.61. The number of carbonyl (C=O) groups is 1. The van der Waals surface area contributed by atoms with Crippen molar-refractivity contribution in [1.82, 2.24) is 14.8 Å². The molecular formula is C20H25BrClN3OS. The molecule has 1 aromatic heterocycles. The average molecular weight is 471 g/mol. The Hall–Kier alpha value is -0.950. The van der Waals surface area contributed by atoms with E-state index >= 15 is 0 Å². The molecule has 1 saturated heterocycles. The molecule has 0 unspecified atom stereocenters. The zero-order valence-corrected chi connectivity index (χ0v) is 19.1. The van der Waals surface area contributed by atoms with Crippen LogP contribution in [0.1, 0.15) is 48.3 Å². The van der Waals surface area contributed by atoms with Gasteiger partial charge >= 0.3 is 0 Å². The molecule has 0 aliphatic carbocycles. The average Bonchev–Trinajstić information content (AvgIpc) is 2.96. The van der Waals surface area contributed by atoms with Gasteiger partial charge in [0.05, 0.1) is 21.3 Å². The van der Waals surface area contributed by atoms with Gasteiger partial charge in [-0.05, 0) is 24.6 Å². The van der Waals surface area contributed by atoms with Crippen LogP contribution < -0.4 is 0 Å². The molecule has 0 spiro atoms. The molecule has 1 amide bonds. The zero-order chi connectivity index (χ0) is 19.6. The highest BCUT2D eigenvalue weighted by atomic mass is 79.9. The number of halogens is 2. The number of carbonyl (C=O) groups excluding carboxylic acids is 1. The van der Waals surface area contributed by atoms with Gasteiger partial charge in [0, 0.05) is 48.0 Å². The summed E-state index contributed by atoms with van der Waals surface area (Å²) in [5.74, 6) is 0.00632. The molecular weight excluding hydrogens is 446 g/mol. The third-order valence-corrected chi connectivity index (χ3v) is 6.75. The molecule has 0 saturated carbocycles. The summed E-state index contributed by atoms with van der Waals surface area (Å²) in [6, 6.07) is 5.41. The number of amides is 1. The van der Waals surface area contributed by atoms with Gasteiger partial charge in [-0.2, -0.15) is 0 Å². The maximum atomic E-state index is 12.9. The molecule has 2 heterocycles. The maximum absolute atomic E-state index is 12.9. The molecule has 1 aromatic carbocycles. The minimum atomic E-state index is 0.00632. The monoisotopic (exact) mass is 469 g/mol. The van der Waals surface area contributed by atoms with Crippen molar-refractivity contribution in [3.63, 3.8) is 0 Å². The first kappa shape index (κ1) is 20.8. The van der Waals surface area contributed by atoms with Gasteiger partial charge in [0.25, 0.3) is 5.91 Å². The lowest BCUT2D eigenvalue weighted by Gasteiger charge is -2.22. The first-order valence-electron chi connectivity index (χ1n) is 9.15. The Bertz CT molecular complexity index is 818. The van der Waals surface area contributed by atoms with Gasteiger partial charge in [-0.25, -0.2) is 4.98 Å². The van der Waals surface area contributed by atoms with Crippen LogP contribution in [0.5, 0.6) is 0 Å². The van der Waals surface area contributed by atoms with E-state index in [4.69, 9.17) is 16.6 Å². The minimum Gasteiger partial charge on any atom is -0.337 e. The first-order chi connectivity index (χ1) is 12.7. The predicted molar refractivity (Wildman–Crippen MR) is 116 cm³/mol. The number of rotatable bonds is 3. The summed E-state index contributed by atoms with van der Waals surface area (Å²) in [4.78, 5) is 22.0. The van der Waals surface area contributed by atoms with Crippen molar-refractivity contribution in [3.05, 3.63) is 49.3 Å². The van der Waals surface area contributed by atoms with Crippen molar-refractivity contribution in [3.8, 4) is 0 Å². The van der Waals surface area contributed by atoms with E-state index in [2.05, 4.69) is 47.0 Å². The van der Waals surface area contributed by atoms with Crippen molar-refractivity contribution in [2.45, 2.75) is 39.2 Å². The van der Waals surface area contributed by atoms with E-state index in [9.17, 15) is 4.79 Å². The van der Waals surface area contributed by atoms with Crippen LogP contribution in [0.25, 0.3) is 0 Å². The van der Waals surface area contributed by atoms with E-state index in [-0.39, 0.29) is 11.3 Å². The van der Waals surface area contributed by atoms with E-state index in [1.807, 2.05) is 11.0 Å². The van der Waals surface area contributed by atoms with Crippen molar-refractivity contribution >= 4 is 44.8 Å². The molecule has 1 aliphatic heterocycles. The Balaban J connectivity index is 1.63. The van der Waals surface area contributed by atoms with Crippen LogP contribution in [-0.4, -0.2) is 46.9 Å². The Kier molecular flexibility index (Phi) is 6.62. The van der Waals surface area contributed by atoms with Crippen LogP contribution in [0.2, 0.25) is 5.02 Å². The van der Waals surface area contributed by atoms with Crippen LogP contribution in [0, 0.1) is 0 Å². The van der Waals surface area contributed by atoms with Crippen molar-refractivity contribution in [1.29, 1.82) is 0 Å². The highest BCUT2D eigenvalue weighted by Gasteiger charge is 2.23. The fourth-order valence-corrected chi connectivity index (χ4v) is 4.57. The molecule has 0 radical (unpaired) electrons. The Morgan fingerprint density at radius 1 is 1.26 bits per heavy atom. The zero-order valence-electron chi connectivity index (χ0n) is 16.0. The van der Waals surface area contributed by atoms with Gasteiger partial charge in [0.1, 0.15) is 0 Å². The maximum Gasteiger partial charge on any atom is 0.255 e. The SMILES string of the molecule is CC(C)(C)c1nc(CN2CCCN(C(=O)c3cc(Br)ccc3Cl)CC2)cs1. The molecule has 4 nitrogen and oxygen atoms in total. The topological polar surface area (TPSA) is 36.4 Å². The summed E-state index contributed by atoms with van der Waals surface area (Å²) in [7, 11) is 0. The smallest absolute Gasteiger partial charge is 0.255 e. The fourth-order valence-electron chi connectivity index (χ4n) is 3.12. The Labute approximate surface area is 178 Å². The molecule has 1 aliphatic rings. The van der Waals surface area contributed by atoms with Crippen molar-refractivity contribution < 1.29 is 4.79 Å². The van der Waals surface area contributed by atoms with Gasteiger partial charge in [-0.3, -0.25) is 9.69 Å². The van der Waals surface area contributed by atoms with Gasteiger partial charge in [-0.1, -0.05) is 48.3 Å². The molecule has 146 valence electrons. The molecule has 1 fully saturated rings. The quantitative estimate of drug-likeness (QED) is 0.618. The third kappa shape index (κ3) is 5.31. The predicted octanol–water partition coefficient (Wildman–Crippen LogP) is 5.20. The molecule has 2 aromatic rings. The normalized spacial score (nSPS) is 16.4. The number of aromatic nitrogens is 1. The van der Waals surface area contributed by atoms with E-state index in [1.165, 1.54) is 5.01 Å². The van der Waals surface area contributed by atoms with Gasteiger partial charge < -0.3 is 4.90 Å². The second-order valence-corrected chi connectivity index (χ2v) is 10.1. The van der Waals surface area contributed by atoms with E-state index in [0.717, 1.165) is 42.8 Å². The summed E-state index contributed by atoms with van der Waals surface area (Å²) >= 11 is 11.4. The fraction of sp³-hybridized carbons (Fsp3) is 0.500. The summed E-state index contributed by atoms with van der Waals surface area (Å²) in [5.41, 5.74) is 1.78. The van der Waals surface area contributed by atoms with Gasteiger partial charge in [-0.15, -0.1) is 11.3 Å². The highest BCUT2D eigenvalue weighted by Crippen LogP contribution is 2.26. The molecule has 0 bridgehead atoms. The lowest BCUT2D eigenvalue weighted by molar-refractivity contribution is 0.0761. The highest BCUT2D eigenvalue weighted by molar-refractivity contribution is 9.10. The molecule has 7 heteroatoms. The van der Waals surface area contributed by atoms with E-state index in [1.54, 1.807) is 23.5 Å². The van der Waals surface area contributed by atoms with Crippen LogP contribution in [0.3, 0.4) is 0 Å². The number of thiazole rings is 1. The lowest BCUT2D eigenvalue weighted by atomic mass is 9.98. The largest absolute Gasteiger partial charge is 0.337 e. The number of benzene rings is 1. The molecule has 27 heavy (non-hydrogen) atoms. The molecule has 0 atom stereocenters. The summed E-state index contributed by atoms with van der Waals surface area (Å²) in [6.07, 6.45) is 0.952. The molecule has 0 N–H and O–H groups in total. The van der Waals surface area contributed by atoms with Crippen LogP contribution in [-0.2, 0) is 12.0 Å². The van der Waals surface area contributed by atoms with Crippen LogP contribution in [0.15, 0.2) is 28.1 Å². The van der Waals surface area contributed by atoms with Crippen molar-refractivity contribution in [2.75, 3.05) is 26.2 Å². The van der Waals surface area contributed by atoms with Gasteiger partial charge in [0.2, 0.25) is 0 Å². The summed E-state index contributed by atoms with van der Waals surface area (Å²) in [6.45, 7) is 10.7. The van der Waals surface area contributed by atoms with Gasteiger partial charge in [0.15, 0.2) is 0 Å². The van der Waals surface area contributed by atoms with E-state index < -0.39 is 0 Å². The van der Waals surface area contributed by atoms with Crippen LogP contribution in [0.4, 0.5) is 0 Å². The first-order valence-corrected chi connectivity index (χ1v) is 11.2. The van der Waals surface area contributed by atoms with E-state index in [0.29, 0.717) is 17.1 Å². The standard InChI is InChI=1S/C20H25BrClN3OS/c1-20(2,3)19-23-15(13-27-19)12-24-7-4-8-25(10-9-24)18(26)16-11-14(21)5-6-17(16)22/h5-6,11,13H,4,7-10,12H2,1-3H3. The molecule has 3 rings (SSSR count).